The van der Waals surface area contributed by atoms with E-state index in [2.05, 4.69) is 0 Å². The van der Waals surface area contributed by atoms with Crippen LogP contribution in [0.1, 0.15) is 12.8 Å². The van der Waals surface area contributed by atoms with E-state index in [0.29, 0.717) is 6.42 Å². The minimum atomic E-state index is -0.902. The van der Waals surface area contributed by atoms with E-state index < -0.39 is 12.0 Å². The minimum Gasteiger partial charge on any atom is -0.480 e. The van der Waals surface area contributed by atoms with Gasteiger partial charge in [0.25, 0.3) is 0 Å². The molecule has 0 aliphatic rings. The predicted octanol–water partition coefficient (Wildman–Crippen LogP) is 0.963. The number of hydrogen-bond acceptors (Lipinski definition) is 3. The maximum atomic E-state index is 10.2. The highest BCUT2D eigenvalue weighted by atomic mass is 35.5. The van der Waals surface area contributed by atoms with Crippen molar-refractivity contribution < 1.29 is 9.90 Å². The van der Waals surface area contributed by atoms with E-state index in [1.54, 1.807) is 11.8 Å². The van der Waals surface area contributed by atoms with Crippen LogP contribution in [0.2, 0.25) is 0 Å². The molecule has 1 atom stereocenters. The van der Waals surface area contributed by atoms with Crippen LogP contribution in [0.15, 0.2) is 0 Å². The molecule has 0 aromatic heterocycles. The summed E-state index contributed by atoms with van der Waals surface area (Å²) in [5, 5.41) is 8.35. The number of rotatable bonds is 5. The Hall–Kier alpha value is 0.0700. The molecule has 0 saturated carbocycles. The molecule has 0 spiro atoms. The van der Waals surface area contributed by atoms with Crippen molar-refractivity contribution in [1.29, 1.82) is 0 Å². The van der Waals surface area contributed by atoms with Crippen LogP contribution in [0.4, 0.5) is 0 Å². The molecular weight excluding hydrogens is 186 g/mol. The van der Waals surface area contributed by atoms with E-state index in [-0.39, 0.29) is 12.4 Å². The fourth-order valence-corrected chi connectivity index (χ4v) is 1.03. The zero-order chi connectivity index (χ0) is 7.98. The van der Waals surface area contributed by atoms with Crippen molar-refractivity contribution in [2.24, 2.45) is 5.73 Å². The number of aliphatic carboxylic acids is 1. The SMILES string of the molecule is CSCCCC(N)C(=O)O.Cl. The highest BCUT2D eigenvalue weighted by Crippen LogP contribution is 2.01. The van der Waals surface area contributed by atoms with E-state index >= 15 is 0 Å². The van der Waals surface area contributed by atoms with Gasteiger partial charge in [0.05, 0.1) is 0 Å². The predicted molar refractivity (Wildman–Crippen MR) is 50.5 cm³/mol. The zero-order valence-corrected chi connectivity index (χ0v) is 8.08. The Morgan fingerprint density at radius 2 is 2.27 bits per heavy atom. The normalized spacial score (nSPS) is 11.8. The average molecular weight is 200 g/mol. The van der Waals surface area contributed by atoms with Gasteiger partial charge in [-0.2, -0.15) is 11.8 Å². The van der Waals surface area contributed by atoms with Crippen molar-refractivity contribution >= 4 is 30.1 Å². The van der Waals surface area contributed by atoms with Gasteiger partial charge in [-0.15, -0.1) is 12.4 Å². The highest BCUT2D eigenvalue weighted by Gasteiger charge is 2.09. The van der Waals surface area contributed by atoms with Crippen LogP contribution in [0.3, 0.4) is 0 Å². The summed E-state index contributed by atoms with van der Waals surface area (Å²) in [5.74, 6) is 0.0853. The van der Waals surface area contributed by atoms with Crippen molar-refractivity contribution in [3.63, 3.8) is 0 Å². The summed E-state index contributed by atoms with van der Waals surface area (Å²) in [6, 6.07) is -0.674. The summed E-state index contributed by atoms with van der Waals surface area (Å²) in [5.41, 5.74) is 5.25. The molecule has 3 N–H and O–H groups in total. The summed E-state index contributed by atoms with van der Waals surface area (Å²) in [7, 11) is 0. The first kappa shape index (κ1) is 13.6. The first-order chi connectivity index (χ1) is 4.68. The quantitative estimate of drug-likeness (QED) is 0.648. The van der Waals surface area contributed by atoms with Gasteiger partial charge in [-0.25, -0.2) is 0 Å². The van der Waals surface area contributed by atoms with Crippen molar-refractivity contribution in [1.82, 2.24) is 0 Å². The molecule has 0 fully saturated rings. The van der Waals surface area contributed by atoms with Crippen molar-refractivity contribution in [3.05, 3.63) is 0 Å². The number of thioether (sulfide) groups is 1. The molecule has 5 heteroatoms. The second-order valence-electron chi connectivity index (χ2n) is 2.08. The van der Waals surface area contributed by atoms with Gasteiger partial charge in [-0.1, -0.05) is 0 Å². The van der Waals surface area contributed by atoms with Gasteiger partial charge >= 0.3 is 5.97 Å². The smallest absolute Gasteiger partial charge is 0.320 e. The van der Waals surface area contributed by atoms with Crippen LogP contribution in [0.5, 0.6) is 0 Å². The van der Waals surface area contributed by atoms with Gasteiger partial charge in [-0.05, 0) is 24.9 Å². The topological polar surface area (TPSA) is 63.3 Å². The lowest BCUT2D eigenvalue weighted by Gasteiger charge is -2.03. The first-order valence-corrected chi connectivity index (χ1v) is 4.55. The van der Waals surface area contributed by atoms with Crippen LogP contribution >= 0.6 is 24.2 Å². The third-order valence-electron chi connectivity index (χ3n) is 1.18. The van der Waals surface area contributed by atoms with Gasteiger partial charge in [0.1, 0.15) is 6.04 Å². The molecule has 0 radical (unpaired) electrons. The van der Waals surface area contributed by atoms with Gasteiger partial charge in [-0.3, -0.25) is 4.79 Å². The monoisotopic (exact) mass is 199 g/mol. The molecule has 0 saturated heterocycles. The lowest BCUT2D eigenvalue weighted by molar-refractivity contribution is -0.138. The number of carboxylic acids is 1. The van der Waals surface area contributed by atoms with E-state index in [1.807, 2.05) is 6.26 Å². The third kappa shape index (κ3) is 7.97. The second kappa shape index (κ2) is 8.17. The lowest BCUT2D eigenvalue weighted by Crippen LogP contribution is -2.29. The van der Waals surface area contributed by atoms with Gasteiger partial charge in [0.2, 0.25) is 0 Å². The molecule has 11 heavy (non-hydrogen) atoms. The standard InChI is InChI=1S/C6H13NO2S.ClH/c1-10-4-2-3-5(7)6(8)9;/h5H,2-4,7H2,1H3,(H,8,9);1H. The molecule has 0 aromatic rings. The molecule has 0 aromatic carbocycles. The second-order valence-corrected chi connectivity index (χ2v) is 3.07. The van der Waals surface area contributed by atoms with Gasteiger partial charge in [0, 0.05) is 0 Å². The van der Waals surface area contributed by atoms with Crippen molar-refractivity contribution in [3.8, 4) is 0 Å². The van der Waals surface area contributed by atoms with Crippen LogP contribution in [-0.2, 0) is 4.79 Å². The number of halogens is 1. The molecule has 0 bridgehead atoms. The third-order valence-corrected chi connectivity index (χ3v) is 1.88. The highest BCUT2D eigenvalue weighted by molar-refractivity contribution is 7.98. The molecule has 0 aliphatic carbocycles. The first-order valence-electron chi connectivity index (χ1n) is 3.15. The van der Waals surface area contributed by atoms with Crippen LogP contribution in [0, 0.1) is 0 Å². The molecule has 68 valence electrons. The van der Waals surface area contributed by atoms with Crippen molar-refractivity contribution in [2.75, 3.05) is 12.0 Å². The van der Waals surface area contributed by atoms with Crippen molar-refractivity contribution in [2.45, 2.75) is 18.9 Å². The maximum absolute atomic E-state index is 10.2. The van der Waals surface area contributed by atoms with Crippen LogP contribution in [0.25, 0.3) is 0 Å². The molecule has 0 aliphatic heterocycles. The van der Waals surface area contributed by atoms with E-state index in [9.17, 15) is 4.79 Å². The number of carboxylic acid groups (broad SMARTS) is 1. The Morgan fingerprint density at radius 1 is 1.73 bits per heavy atom. The summed E-state index contributed by atoms with van der Waals surface area (Å²) in [6.45, 7) is 0. The van der Waals surface area contributed by atoms with Crippen LogP contribution in [-0.4, -0.2) is 29.1 Å². The molecular formula is C6H14ClNO2S. The Labute approximate surface area is 77.1 Å². The maximum Gasteiger partial charge on any atom is 0.320 e. The molecule has 0 amide bonds. The van der Waals surface area contributed by atoms with Crippen LogP contribution < -0.4 is 5.73 Å². The van der Waals surface area contributed by atoms with E-state index in [1.165, 1.54) is 0 Å². The number of carbonyl (C=O) groups is 1. The van der Waals surface area contributed by atoms with Gasteiger partial charge < -0.3 is 10.8 Å². The average Bonchev–Trinajstić information content (AvgIpc) is 1.88. The summed E-state index contributed by atoms with van der Waals surface area (Å²) in [4.78, 5) is 10.2. The Morgan fingerprint density at radius 3 is 2.64 bits per heavy atom. The summed E-state index contributed by atoms with van der Waals surface area (Å²) < 4.78 is 0. The van der Waals surface area contributed by atoms with E-state index in [0.717, 1.165) is 12.2 Å². The Bertz CT molecular complexity index is 113. The lowest BCUT2D eigenvalue weighted by atomic mass is 10.2. The number of nitrogens with two attached hydrogens (primary N) is 1. The van der Waals surface area contributed by atoms with Gasteiger partial charge in [0.15, 0.2) is 0 Å². The molecule has 3 nitrogen and oxygen atoms in total. The molecule has 1 unspecified atom stereocenters. The van der Waals surface area contributed by atoms with E-state index in [4.69, 9.17) is 10.8 Å². The summed E-state index contributed by atoms with van der Waals surface area (Å²) >= 11 is 1.71. The zero-order valence-electron chi connectivity index (χ0n) is 6.45. The Kier molecular flexibility index (Phi) is 10.1. The fourth-order valence-electron chi connectivity index (χ4n) is 0.571. The minimum absolute atomic E-state index is 0. The largest absolute Gasteiger partial charge is 0.480 e. The number of hydrogen-bond donors (Lipinski definition) is 2. The summed E-state index contributed by atoms with van der Waals surface area (Å²) in [6.07, 6.45) is 3.46. The molecule has 0 rings (SSSR count). The fraction of sp³-hybridized carbons (Fsp3) is 0.833. The Balaban J connectivity index is 0. The molecule has 0 heterocycles.